The van der Waals surface area contributed by atoms with Crippen molar-refractivity contribution in [1.29, 1.82) is 0 Å². The standard InChI is InChI=1S/C13H14N2O5/c16-13(12-2-1-6-19-12)14-5-7-20-11-4-3-9(15(17)18)8-10(11)14/h3-4,8,12H,1-2,5-7H2. The van der Waals surface area contributed by atoms with E-state index in [0.717, 1.165) is 6.42 Å². The fourth-order valence-electron chi connectivity index (χ4n) is 2.49. The highest BCUT2D eigenvalue weighted by molar-refractivity contribution is 5.98. The lowest BCUT2D eigenvalue weighted by atomic mass is 10.1. The van der Waals surface area contributed by atoms with E-state index in [2.05, 4.69) is 0 Å². The molecule has 3 rings (SSSR count). The Morgan fingerprint density at radius 2 is 2.25 bits per heavy atom. The van der Waals surface area contributed by atoms with E-state index in [4.69, 9.17) is 9.47 Å². The zero-order valence-corrected chi connectivity index (χ0v) is 10.8. The number of ether oxygens (including phenoxy) is 2. The Morgan fingerprint density at radius 1 is 1.40 bits per heavy atom. The van der Waals surface area contributed by atoms with Gasteiger partial charge >= 0.3 is 0 Å². The molecule has 0 N–H and O–H groups in total. The molecule has 0 radical (unpaired) electrons. The predicted molar refractivity (Wildman–Crippen MR) is 69.9 cm³/mol. The van der Waals surface area contributed by atoms with Crippen molar-refractivity contribution < 1.29 is 19.2 Å². The van der Waals surface area contributed by atoms with Crippen LogP contribution in [0.4, 0.5) is 11.4 Å². The zero-order chi connectivity index (χ0) is 14.1. The molecule has 2 heterocycles. The van der Waals surface area contributed by atoms with E-state index in [9.17, 15) is 14.9 Å². The summed E-state index contributed by atoms with van der Waals surface area (Å²) in [6.45, 7) is 1.35. The van der Waals surface area contributed by atoms with Crippen molar-refractivity contribution >= 4 is 17.3 Å². The third-order valence-electron chi connectivity index (χ3n) is 3.49. The number of hydrogen-bond acceptors (Lipinski definition) is 5. The molecule has 1 aromatic rings. The minimum atomic E-state index is -0.483. The molecule has 1 amide bonds. The molecule has 0 bridgehead atoms. The number of nitro benzene ring substituents is 1. The number of hydrogen-bond donors (Lipinski definition) is 0. The van der Waals surface area contributed by atoms with Gasteiger partial charge in [-0.15, -0.1) is 0 Å². The number of nitrogens with zero attached hydrogens (tertiary/aromatic N) is 2. The summed E-state index contributed by atoms with van der Waals surface area (Å²) in [6.07, 6.45) is 1.11. The molecule has 20 heavy (non-hydrogen) atoms. The van der Waals surface area contributed by atoms with Crippen molar-refractivity contribution in [2.45, 2.75) is 18.9 Å². The van der Waals surface area contributed by atoms with E-state index in [1.807, 2.05) is 0 Å². The van der Waals surface area contributed by atoms with Gasteiger partial charge in [0.2, 0.25) is 0 Å². The first-order chi connectivity index (χ1) is 9.66. The molecule has 0 saturated carbocycles. The van der Waals surface area contributed by atoms with Gasteiger partial charge in [0, 0.05) is 18.7 Å². The molecular formula is C13H14N2O5. The van der Waals surface area contributed by atoms with E-state index in [0.29, 0.717) is 37.6 Å². The number of non-ortho nitro benzene ring substituents is 1. The van der Waals surface area contributed by atoms with Crippen LogP contribution in [0.2, 0.25) is 0 Å². The van der Waals surface area contributed by atoms with Crippen molar-refractivity contribution in [1.82, 2.24) is 0 Å². The fourth-order valence-corrected chi connectivity index (χ4v) is 2.49. The Labute approximate surface area is 115 Å². The second-order valence-corrected chi connectivity index (χ2v) is 4.75. The van der Waals surface area contributed by atoms with Gasteiger partial charge in [0.1, 0.15) is 18.5 Å². The molecule has 1 saturated heterocycles. The number of amides is 1. The van der Waals surface area contributed by atoms with Crippen LogP contribution < -0.4 is 9.64 Å². The van der Waals surface area contributed by atoms with Gasteiger partial charge in [-0.3, -0.25) is 14.9 Å². The first-order valence-electron chi connectivity index (χ1n) is 6.51. The largest absolute Gasteiger partial charge is 0.490 e. The van der Waals surface area contributed by atoms with Gasteiger partial charge in [-0.25, -0.2) is 0 Å². The molecule has 1 atom stereocenters. The Kier molecular flexibility index (Phi) is 3.27. The van der Waals surface area contributed by atoms with Gasteiger partial charge in [-0.05, 0) is 18.9 Å². The van der Waals surface area contributed by atoms with Crippen LogP contribution in [0.1, 0.15) is 12.8 Å². The molecule has 106 valence electrons. The van der Waals surface area contributed by atoms with Gasteiger partial charge in [0.25, 0.3) is 11.6 Å². The van der Waals surface area contributed by atoms with Gasteiger partial charge in [-0.2, -0.15) is 0 Å². The minimum Gasteiger partial charge on any atom is -0.490 e. The molecule has 0 aliphatic carbocycles. The summed E-state index contributed by atoms with van der Waals surface area (Å²) in [5.74, 6) is 0.348. The van der Waals surface area contributed by atoms with Crippen LogP contribution in [0.3, 0.4) is 0 Å². The normalized spacial score (nSPS) is 21.2. The summed E-state index contributed by atoms with van der Waals surface area (Å²) in [4.78, 5) is 24.3. The monoisotopic (exact) mass is 278 g/mol. The van der Waals surface area contributed by atoms with Gasteiger partial charge in [0.05, 0.1) is 17.2 Å². The lowest BCUT2D eigenvalue weighted by Gasteiger charge is -2.30. The highest BCUT2D eigenvalue weighted by atomic mass is 16.6. The summed E-state index contributed by atoms with van der Waals surface area (Å²) < 4.78 is 10.8. The smallest absolute Gasteiger partial charge is 0.271 e. The fraction of sp³-hybridized carbons (Fsp3) is 0.462. The highest BCUT2D eigenvalue weighted by Crippen LogP contribution is 2.35. The van der Waals surface area contributed by atoms with Crippen LogP contribution in [-0.4, -0.2) is 36.7 Å². The summed E-state index contributed by atoms with van der Waals surface area (Å²) in [5.41, 5.74) is 0.394. The lowest BCUT2D eigenvalue weighted by molar-refractivity contribution is -0.384. The second kappa shape index (κ2) is 5.09. The van der Waals surface area contributed by atoms with E-state index in [1.54, 1.807) is 0 Å². The second-order valence-electron chi connectivity index (χ2n) is 4.75. The van der Waals surface area contributed by atoms with Crippen LogP contribution in [0.15, 0.2) is 18.2 Å². The van der Waals surface area contributed by atoms with Gasteiger partial charge < -0.3 is 14.4 Å². The van der Waals surface area contributed by atoms with Crippen LogP contribution in [-0.2, 0) is 9.53 Å². The van der Waals surface area contributed by atoms with Gasteiger partial charge in [-0.1, -0.05) is 0 Å². The summed E-state index contributed by atoms with van der Waals surface area (Å²) >= 11 is 0. The average Bonchev–Trinajstić information content (AvgIpc) is 2.99. The Balaban J connectivity index is 1.93. The molecule has 0 aromatic heterocycles. The Morgan fingerprint density at radius 3 is 2.95 bits per heavy atom. The molecular weight excluding hydrogens is 264 g/mol. The average molecular weight is 278 g/mol. The molecule has 2 aliphatic heterocycles. The first kappa shape index (κ1) is 12.9. The van der Waals surface area contributed by atoms with Crippen molar-refractivity contribution in [3.8, 4) is 5.75 Å². The Hall–Kier alpha value is -2.15. The minimum absolute atomic E-state index is 0.0561. The number of fused-ring (bicyclic) bond motifs is 1. The van der Waals surface area contributed by atoms with Crippen LogP contribution in [0.25, 0.3) is 0 Å². The Bertz CT molecular complexity index is 554. The number of carbonyl (C=O) groups is 1. The SMILES string of the molecule is O=C(C1CCCO1)N1CCOc2ccc([N+](=O)[O-])cc21. The van der Waals surface area contributed by atoms with E-state index >= 15 is 0 Å². The third-order valence-corrected chi connectivity index (χ3v) is 3.49. The summed E-state index contributed by atoms with van der Waals surface area (Å²) in [5, 5.41) is 10.9. The number of rotatable bonds is 2. The number of anilines is 1. The first-order valence-corrected chi connectivity index (χ1v) is 6.51. The number of nitro groups is 1. The van der Waals surface area contributed by atoms with Crippen molar-refractivity contribution in [2.75, 3.05) is 24.7 Å². The number of benzene rings is 1. The molecule has 2 aliphatic rings. The topological polar surface area (TPSA) is 81.9 Å². The van der Waals surface area contributed by atoms with E-state index < -0.39 is 11.0 Å². The maximum Gasteiger partial charge on any atom is 0.271 e. The maximum absolute atomic E-state index is 12.4. The third kappa shape index (κ3) is 2.20. The molecule has 7 nitrogen and oxygen atoms in total. The maximum atomic E-state index is 12.4. The lowest BCUT2D eigenvalue weighted by Crippen LogP contribution is -2.43. The van der Waals surface area contributed by atoms with E-state index in [-0.39, 0.29) is 11.6 Å². The molecule has 1 unspecified atom stereocenters. The zero-order valence-electron chi connectivity index (χ0n) is 10.8. The molecule has 0 spiro atoms. The van der Waals surface area contributed by atoms with Crippen LogP contribution in [0, 0.1) is 10.1 Å². The van der Waals surface area contributed by atoms with E-state index in [1.165, 1.54) is 23.1 Å². The number of carbonyl (C=O) groups excluding carboxylic acids is 1. The predicted octanol–water partition coefficient (Wildman–Crippen LogP) is 1.50. The van der Waals surface area contributed by atoms with Crippen molar-refractivity contribution in [2.24, 2.45) is 0 Å². The summed E-state index contributed by atoms with van der Waals surface area (Å²) in [6, 6.07) is 4.28. The molecule has 1 aromatic carbocycles. The molecule has 7 heteroatoms. The van der Waals surface area contributed by atoms with Crippen molar-refractivity contribution in [3.63, 3.8) is 0 Å². The van der Waals surface area contributed by atoms with Gasteiger partial charge in [0.15, 0.2) is 0 Å². The highest BCUT2D eigenvalue weighted by Gasteiger charge is 2.33. The van der Waals surface area contributed by atoms with Crippen LogP contribution >= 0.6 is 0 Å². The van der Waals surface area contributed by atoms with Crippen LogP contribution in [0.5, 0.6) is 5.75 Å². The molecule has 1 fully saturated rings. The van der Waals surface area contributed by atoms with Crippen molar-refractivity contribution in [3.05, 3.63) is 28.3 Å². The quantitative estimate of drug-likeness (QED) is 0.604. The summed E-state index contributed by atoms with van der Waals surface area (Å²) in [7, 11) is 0.